The lowest BCUT2D eigenvalue weighted by molar-refractivity contribution is -0.129. The average Bonchev–Trinajstić information content (AvgIpc) is 2.59. The van der Waals surface area contributed by atoms with E-state index in [1.165, 1.54) is 32.1 Å². The summed E-state index contributed by atoms with van der Waals surface area (Å²) < 4.78 is 6.96. The largest absolute Gasteiger partial charge is 0.416 e. The van der Waals surface area contributed by atoms with E-state index in [0.29, 0.717) is 40.2 Å². The molecule has 0 unspecified atom stereocenters. The van der Waals surface area contributed by atoms with E-state index in [1.807, 2.05) is 0 Å². The van der Waals surface area contributed by atoms with Crippen molar-refractivity contribution in [1.82, 2.24) is 0 Å². The van der Waals surface area contributed by atoms with E-state index in [4.69, 9.17) is 4.43 Å². The molecule has 27 heavy (non-hydrogen) atoms. The predicted molar refractivity (Wildman–Crippen MR) is 118 cm³/mol. The highest BCUT2D eigenvalue weighted by Crippen LogP contribution is 2.51. The van der Waals surface area contributed by atoms with Gasteiger partial charge in [-0.3, -0.25) is 4.79 Å². The normalized spacial score (nSPS) is 32.0. The van der Waals surface area contributed by atoms with E-state index >= 15 is 0 Å². The number of carbonyl (C=O) groups is 1. The van der Waals surface area contributed by atoms with Gasteiger partial charge in [0.1, 0.15) is 5.78 Å². The second-order valence-corrected chi connectivity index (χ2v) is 15.7. The van der Waals surface area contributed by atoms with Crippen LogP contribution in [-0.2, 0) is 9.22 Å². The fraction of sp³-hybridized carbons (Fsp3) is 0.875. The van der Waals surface area contributed by atoms with Crippen LogP contribution in [-0.4, -0.2) is 20.7 Å². The molecule has 0 bridgehead atoms. The van der Waals surface area contributed by atoms with Gasteiger partial charge in [-0.05, 0) is 60.1 Å². The van der Waals surface area contributed by atoms with Crippen LogP contribution in [0.5, 0.6) is 0 Å². The number of fused-ring (bicyclic) bond motifs is 1. The minimum absolute atomic E-state index is 0.111. The second kappa shape index (κ2) is 9.39. The Morgan fingerprint density at radius 3 is 2.11 bits per heavy atom. The fourth-order valence-corrected chi connectivity index (χ4v) is 12.5. The predicted octanol–water partition coefficient (Wildman–Crippen LogP) is 7.01. The quantitative estimate of drug-likeness (QED) is 0.328. The van der Waals surface area contributed by atoms with Crippen molar-refractivity contribution in [2.24, 2.45) is 29.6 Å². The zero-order valence-corrected chi connectivity index (χ0v) is 20.0. The highest BCUT2D eigenvalue weighted by Gasteiger charge is 2.49. The molecule has 2 aliphatic rings. The van der Waals surface area contributed by atoms with Crippen LogP contribution in [0.3, 0.4) is 0 Å². The Kier molecular flexibility index (Phi) is 7.95. The molecule has 0 aromatic heterocycles. The van der Waals surface area contributed by atoms with Gasteiger partial charge in [0.25, 0.3) is 0 Å². The van der Waals surface area contributed by atoms with Gasteiger partial charge >= 0.3 is 0 Å². The van der Waals surface area contributed by atoms with Crippen LogP contribution in [0.15, 0.2) is 12.7 Å². The van der Waals surface area contributed by atoms with Gasteiger partial charge in [-0.15, -0.1) is 6.58 Å². The molecule has 2 rings (SSSR count). The van der Waals surface area contributed by atoms with E-state index in [-0.39, 0.29) is 5.92 Å². The Labute approximate surface area is 169 Å². The molecule has 5 atom stereocenters. The third kappa shape index (κ3) is 4.45. The number of Topliss-reactive ketones (excluding diaryl/α,β-unsaturated/α-hetero) is 1. The maximum absolute atomic E-state index is 12.7. The van der Waals surface area contributed by atoms with Gasteiger partial charge in [0.05, 0.1) is 0 Å². The molecule has 2 fully saturated rings. The molecule has 0 aromatic rings. The first-order chi connectivity index (χ1) is 12.7. The topological polar surface area (TPSA) is 26.3 Å². The van der Waals surface area contributed by atoms with Crippen LogP contribution in [0.2, 0.25) is 16.6 Å². The minimum Gasteiger partial charge on any atom is -0.416 e. The molecule has 0 N–H and O–H groups in total. The summed E-state index contributed by atoms with van der Waals surface area (Å²) in [6.07, 6.45) is 8.57. The molecule has 0 aliphatic heterocycles. The van der Waals surface area contributed by atoms with Crippen molar-refractivity contribution in [3.05, 3.63) is 12.7 Å². The summed E-state index contributed by atoms with van der Waals surface area (Å²) in [7, 11) is -1.89. The van der Waals surface area contributed by atoms with E-state index in [0.717, 1.165) is 12.5 Å². The van der Waals surface area contributed by atoms with Crippen LogP contribution in [0.25, 0.3) is 0 Å². The van der Waals surface area contributed by atoms with Crippen molar-refractivity contribution in [2.45, 2.75) is 97.2 Å². The van der Waals surface area contributed by atoms with Crippen molar-refractivity contribution in [2.75, 3.05) is 6.61 Å². The average molecular weight is 393 g/mol. The van der Waals surface area contributed by atoms with Gasteiger partial charge in [-0.25, -0.2) is 0 Å². The van der Waals surface area contributed by atoms with Crippen LogP contribution < -0.4 is 0 Å². The van der Waals surface area contributed by atoms with E-state index in [1.54, 1.807) is 6.92 Å². The van der Waals surface area contributed by atoms with Crippen LogP contribution in [0, 0.1) is 29.6 Å². The molecule has 0 aromatic carbocycles. The van der Waals surface area contributed by atoms with Crippen molar-refractivity contribution in [3.8, 4) is 0 Å². The number of allylic oxidation sites excluding steroid dienone is 1. The number of rotatable bonds is 8. The zero-order valence-electron chi connectivity index (χ0n) is 19.0. The molecular weight excluding hydrogens is 348 g/mol. The molecule has 2 aliphatic carbocycles. The third-order valence-electron chi connectivity index (χ3n) is 7.99. The zero-order chi connectivity index (χ0) is 20.4. The smallest absolute Gasteiger partial charge is 0.200 e. The summed E-state index contributed by atoms with van der Waals surface area (Å²) in [5, 5.41) is 0. The third-order valence-corrected chi connectivity index (χ3v) is 14.1. The van der Waals surface area contributed by atoms with Gasteiger partial charge in [0, 0.05) is 12.5 Å². The Morgan fingerprint density at radius 2 is 1.63 bits per heavy atom. The number of hydrogen-bond donors (Lipinski definition) is 0. The summed E-state index contributed by atoms with van der Waals surface area (Å²) in [4.78, 5) is 12.7. The molecule has 3 heteroatoms. The lowest BCUT2D eigenvalue weighted by atomic mass is 9.57. The molecule has 156 valence electrons. The van der Waals surface area contributed by atoms with Crippen molar-refractivity contribution in [3.63, 3.8) is 0 Å². The summed E-state index contributed by atoms with van der Waals surface area (Å²) in [6, 6.07) is 0. The first-order valence-corrected chi connectivity index (χ1v) is 13.6. The lowest BCUT2D eigenvalue weighted by Crippen LogP contribution is -2.51. The van der Waals surface area contributed by atoms with Gasteiger partial charge < -0.3 is 4.43 Å². The highest BCUT2D eigenvalue weighted by atomic mass is 28.4. The van der Waals surface area contributed by atoms with Gasteiger partial charge in [0.15, 0.2) is 8.32 Å². The Morgan fingerprint density at radius 1 is 1.07 bits per heavy atom. The lowest BCUT2D eigenvalue weighted by Gasteiger charge is -2.49. The van der Waals surface area contributed by atoms with Crippen LogP contribution in [0.1, 0.15) is 80.6 Å². The Balaban J connectivity index is 2.26. The molecule has 0 amide bonds. The van der Waals surface area contributed by atoms with Crippen LogP contribution >= 0.6 is 0 Å². The first-order valence-electron chi connectivity index (χ1n) is 11.4. The SMILES string of the molecule is C=C[C@H]1[C@@H]2CCCC[C@H]2C[C@@H](CO[Si](C(C)C)(C(C)C)C(C)C)[C@H]1C(C)=O. The Bertz CT molecular complexity index is 489. The number of ketones is 1. The summed E-state index contributed by atoms with van der Waals surface area (Å²) in [5.41, 5.74) is 1.78. The summed E-state index contributed by atoms with van der Waals surface area (Å²) >= 11 is 0. The van der Waals surface area contributed by atoms with Crippen molar-refractivity contribution >= 4 is 14.1 Å². The molecular formula is C24H44O2Si. The van der Waals surface area contributed by atoms with Crippen molar-refractivity contribution < 1.29 is 9.22 Å². The monoisotopic (exact) mass is 392 g/mol. The Hall–Kier alpha value is -0.413. The minimum atomic E-state index is -1.89. The van der Waals surface area contributed by atoms with Gasteiger partial charge in [0.2, 0.25) is 0 Å². The van der Waals surface area contributed by atoms with Gasteiger partial charge in [-0.2, -0.15) is 0 Å². The summed E-state index contributed by atoms with van der Waals surface area (Å²) in [6.45, 7) is 20.8. The number of hydrogen-bond acceptors (Lipinski definition) is 2. The van der Waals surface area contributed by atoms with Crippen molar-refractivity contribution in [1.29, 1.82) is 0 Å². The maximum atomic E-state index is 12.7. The maximum Gasteiger partial charge on any atom is 0.200 e. The molecule has 0 radical (unpaired) electrons. The van der Waals surface area contributed by atoms with E-state index in [2.05, 4.69) is 54.2 Å². The highest BCUT2D eigenvalue weighted by molar-refractivity contribution is 6.77. The fourth-order valence-electron chi connectivity index (χ4n) is 7.00. The van der Waals surface area contributed by atoms with Gasteiger partial charge in [-0.1, -0.05) is 66.9 Å². The van der Waals surface area contributed by atoms with E-state index < -0.39 is 8.32 Å². The molecule has 2 saturated carbocycles. The van der Waals surface area contributed by atoms with Crippen LogP contribution in [0.4, 0.5) is 0 Å². The number of carbonyl (C=O) groups excluding carboxylic acids is 1. The standard InChI is InChI=1S/C24H44O2Si/c1-9-22-23-13-11-10-12-20(23)14-21(24(22)19(8)25)15-26-27(16(2)3,17(4)5)18(6)7/h9,16-18,20-24H,1,10-15H2,2-8H3/t20-,21-,22-,23+,24+/m0/s1. The molecule has 0 saturated heterocycles. The second-order valence-electron chi connectivity index (χ2n) is 10.3. The molecule has 2 nitrogen and oxygen atoms in total. The molecule has 0 spiro atoms. The first kappa shape index (κ1) is 22.9. The summed E-state index contributed by atoms with van der Waals surface area (Å²) in [5.74, 6) is 2.61. The molecule has 0 heterocycles. The van der Waals surface area contributed by atoms with E-state index in [9.17, 15) is 4.79 Å².